The standard InChI is InChI=1S/C36H37N5O5/c37-29-6-1-2-7-30(29)40-35(44)11-5-10-34(43)39-27-18-16-26(17-19-27)36-45-28(21-41-23-38-31-8-3-4-9-32(31)41)20-33(46-36)25-14-12-24(22-42)13-15-25/h1-4,6-9,12-19,23,28,33,36,42H,5,10-11,20-22,37H2,(H,39,43)(H,40,44)/t28-,33+,36+/m1/s1. The van der Waals surface area contributed by atoms with Gasteiger partial charge in [-0.1, -0.05) is 60.7 Å². The van der Waals surface area contributed by atoms with Crippen molar-refractivity contribution >= 4 is 39.9 Å². The number of nitrogens with zero attached hydrogens (tertiary/aromatic N) is 2. The van der Waals surface area contributed by atoms with Crippen LogP contribution in [0.3, 0.4) is 0 Å². The van der Waals surface area contributed by atoms with Crippen molar-refractivity contribution in [3.05, 3.63) is 120 Å². The molecule has 0 saturated carbocycles. The third-order valence-corrected chi connectivity index (χ3v) is 8.05. The number of amides is 2. The molecule has 4 aromatic carbocycles. The summed E-state index contributed by atoms with van der Waals surface area (Å²) < 4.78 is 15.1. The molecule has 0 unspecified atom stereocenters. The normalized spacial score (nSPS) is 17.9. The van der Waals surface area contributed by atoms with Crippen LogP contribution in [0.2, 0.25) is 0 Å². The van der Waals surface area contributed by atoms with E-state index < -0.39 is 6.29 Å². The van der Waals surface area contributed by atoms with Crippen LogP contribution in [0.1, 0.15) is 54.8 Å². The van der Waals surface area contributed by atoms with Gasteiger partial charge in [0.25, 0.3) is 0 Å². The molecule has 1 aromatic heterocycles. The highest BCUT2D eigenvalue weighted by Crippen LogP contribution is 2.39. The van der Waals surface area contributed by atoms with Crippen molar-refractivity contribution in [3.63, 3.8) is 0 Å². The fourth-order valence-electron chi connectivity index (χ4n) is 5.59. The Morgan fingerprint density at radius 3 is 2.30 bits per heavy atom. The van der Waals surface area contributed by atoms with Gasteiger partial charge in [-0.2, -0.15) is 0 Å². The highest BCUT2D eigenvalue weighted by Gasteiger charge is 2.32. The Balaban J connectivity index is 1.08. The zero-order valence-corrected chi connectivity index (χ0v) is 25.3. The molecule has 0 spiro atoms. The lowest BCUT2D eigenvalue weighted by Crippen LogP contribution is -2.32. The number of carbonyl (C=O) groups excluding carboxylic acids is 2. The smallest absolute Gasteiger partial charge is 0.224 e. The molecule has 1 saturated heterocycles. The van der Waals surface area contributed by atoms with E-state index in [0.29, 0.717) is 36.4 Å². The Morgan fingerprint density at radius 2 is 1.54 bits per heavy atom. The van der Waals surface area contributed by atoms with Crippen LogP contribution in [0.25, 0.3) is 11.0 Å². The molecule has 46 heavy (non-hydrogen) atoms. The number of imidazole rings is 1. The summed E-state index contributed by atoms with van der Waals surface area (Å²) in [4.78, 5) is 29.4. The van der Waals surface area contributed by atoms with E-state index in [-0.39, 0.29) is 43.5 Å². The third kappa shape index (κ3) is 7.60. The van der Waals surface area contributed by atoms with Crippen LogP contribution >= 0.6 is 0 Å². The van der Waals surface area contributed by atoms with Gasteiger partial charge < -0.3 is 35.5 Å². The number of carbonyl (C=O) groups is 2. The molecule has 236 valence electrons. The average Bonchev–Trinajstić information content (AvgIpc) is 3.48. The second-order valence-corrected chi connectivity index (χ2v) is 11.4. The molecule has 5 aromatic rings. The summed E-state index contributed by atoms with van der Waals surface area (Å²) in [7, 11) is 0. The zero-order chi connectivity index (χ0) is 31.9. The minimum Gasteiger partial charge on any atom is -0.397 e. The number of para-hydroxylation sites is 4. The highest BCUT2D eigenvalue weighted by molar-refractivity contribution is 5.94. The monoisotopic (exact) mass is 619 g/mol. The van der Waals surface area contributed by atoms with Crippen molar-refractivity contribution in [1.82, 2.24) is 9.55 Å². The number of hydrogen-bond donors (Lipinski definition) is 4. The summed E-state index contributed by atoms with van der Waals surface area (Å²) in [6.45, 7) is 0.590. The quantitative estimate of drug-likeness (QED) is 0.131. The van der Waals surface area contributed by atoms with E-state index in [0.717, 1.165) is 27.7 Å². The first kappa shape index (κ1) is 31.0. The number of nitrogens with two attached hydrogens (primary N) is 1. The van der Waals surface area contributed by atoms with E-state index in [4.69, 9.17) is 15.2 Å². The second-order valence-electron chi connectivity index (χ2n) is 11.4. The summed E-state index contributed by atoms with van der Waals surface area (Å²) >= 11 is 0. The van der Waals surface area contributed by atoms with Gasteiger partial charge in [0.1, 0.15) is 0 Å². The van der Waals surface area contributed by atoms with Gasteiger partial charge in [0.05, 0.1) is 54.1 Å². The first-order valence-corrected chi connectivity index (χ1v) is 15.4. The van der Waals surface area contributed by atoms with E-state index in [2.05, 4.69) is 20.2 Å². The predicted octanol–water partition coefficient (Wildman–Crippen LogP) is 6.10. The second kappa shape index (κ2) is 14.4. The molecule has 2 heterocycles. The van der Waals surface area contributed by atoms with Gasteiger partial charge in [-0.3, -0.25) is 9.59 Å². The molecule has 1 aliphatic rings. The minimum atomic E-state index is -0.627. The molecule has 6 rings (SSSR count). The van der Waals surface area contributed by atoms with Crippen molar-refractivity contribution in [2.45, 2.75) is 57.3 Å². The average molecular weight is 620 g/mol. The summed E-state index contributed by atoms with van der Waals surface area (Å²) in [5.41, 5.74) is 12.2. The summed E-state index contributed by atoms with van der Waals surface area (Å²) in [6, 6.07) is 30.3. The van der Waals surface area contributed by atoms with Crippen molar-refractivity contribution in [3.8, 4) is 0 Å². The molecule has 10 nitrogen and oxygen atoms in total. The molecule has 5 N–H and O–H groups in total. The fraction of sp³-hybridized carbons (Fsp3) is 0.250. The van der Waals surface area contributed by atoms with Crippen molar-refractivity contribution in [2.75, 3.05) is 16.4 Å². The van der Waals surface area contributed by atoms with Crippen molar-refractivity contribution in [2.24, 2.45) is 0 Å². The molecular formula is C36H37N5O5. The highest BCUT2D eigenvalue weighted by atomic mass is 16.7. The van der Waals surface area contributed by atoms with Crippen LogP contribution in [0, 0.1) is 0 Å². The van der Waals surface area contributed by atoms with E-state index >= 15 is 0 Å². The molecule has 2 amide bonds. The van der Waals surface area contributed by atoms with Gasteiger partial charge in [-0.25, -0.2) is 4.98 Å². The third-order valence-electron chi connectivity index (χ3n) is 8.05. The van der Waals surface area contributed by atoms with Crippen molar-refractivity contribution < 1.29 is 24.2 Å². The molecule has 1 aliphatic heterocycles. The van der Waals surface area contributed by atoms with Gasteiger partial charge in [-0.05, 0) is 53.9 Å². The predicted molar refractivity (Wildman–Crippen MR) is 177 cm³/mol. The maximum Gasteiger partial charge on any atom is 0.224 e. The molecule has 1 fully saturated rings. The fourth-order valence-corrected chi connectivity index (χ4v) is 5.59. The first-order chi connectivity index (χ1) is 22.4. The lowest BCUT2D eigenvalue weighted by Gasteiger charge is -2.36. The number of benzene rings is 4. The molecule has 0 bridgehead atoms. The molecule has 0 radical (unpaired) electrons. The van der Waals surface area contributed by atoms with E-state index in [1.165, 1.54) is 0 Å². The van der Waals surface area contributed by atoms with E-state index in [9.17, 15) is 14.7 Å². The van der Waals surface area contributed by atoms with Crippen LogP contribution in [-0.4, -0.2) is 32.6 Å². The number of anilines is 3. The lowest BCUT2D eigenvalue weighted by molar-refractivity contribution is -0.252. The Kier molecular flexibility index (Phi) is 9.68. The Bertz CT molecular complexity index is 1790. The molecule has 10 heteroatoms. The Morgan fingerprint density at radius 1 is 0.848 bits per heavy atom. The van der Waals surface area contributed by atoms with Crippen LogP contribution in [0.15, 0.2) is 103 Å². The number of nitrogens with one attached hydrogen (secondary N) is 2. The maximum absolute atomic E-state index is 12.6. The Hall–Kier alpha value is -5.03. The van der Waals surface area contributed by atoms with Gasteiger partial charge in [-0.15, -0.1) is 0 Å². The number of rotatable bonds is 11. The summed E-state index contributed by atoms with van der Waals surface area (Å²) in [6.07, 6.45) is 2.29. The summed E-state index contributed by atoms with van der Waals surface area (Å²) in [5, 5.41) is 15.2. The number of nitrogen functional groups attached to an aromatic ring is 1. The SMILES string of the molecule is Nc1ccccc1NC(=O)CCCC(=O)Nc1ccc([C@H]2O[C@@H](Cn3cnc4ccccc43)C[C@@H](c3ccc(CO)cc3)O2)cc1. The number of aliphatic hydroxyl groups is 1. The zero-order valence-electron chi connectivity index (χ0n) is 25.3. The van der Waals surface area contributed by atoms with Crippen LogP contribution < -0.4 is 16.4 Å². The molecule has 0 aliphatic carbocycles. The maximum atomic E-state index is 12.6. The van der Waals surface area contributed by atoms with Gasteiger partial charge in [0.2, 0.25) is 11.8 Å². The van der Waals surface area contributed by atoms with Gasteiger partial charge in [0.15, 0.2) is 6.29 Å². The van der Waals surface area contributed by atoms with Crippen LogP contribution in [0.4, 0.5) is 17.1 Å². The van der Waals surface area contributed by atoms with Crippen LogP contribution in [0.5, 0.6) is 0 Å². The molecule has 3 atom stereocenters. The number of ether oxygens (including phenoxy) is 2. The van der Waals surface area contributed by atoms with E-state index in [1.54, 1.807) is 24.3 Å². The Labute approximate surface area is 267 Å². The number of aliphatic hydroxyl groups excluding tert-OH is 1. The van der Waals surface area contributed by atoms with Gasteiger partial charge >= 0.3 is 0 Å². The first-order valence-electron chi connectivity index (χ1n) is 15.4. The lowest BCUT2D eigenvalue weighted by atomic mass is 10.00. The number of fused-ring (bicyclic) bond motifs is 1. The number of aromatic nitrogens is 2. The minimum absolute atomic E-state index is 0.0180. The summed E-state index contributed by atoms with van der Waals surface area (Å²) in [5.74, 6) is -0.367. The topological polar surface area (TPSA) is 141 Å². The van der Waals surface area contributed by atoms with Gasteiger partial charge in [0, 0.05) is 30.5 Å². The van der Waals surface area contributed by atoms with E-state index in [1.807, 2.05) is 79.1 Å². The van der Waals surface area contributed by atoms with Crippen LogP contribution in [-0.2, 0) is 32.2 Å². The van der Waals surface area contributed by atoms with Crippen molar-refractivity contribution in [1.29, 1.82) is 0 Å². The molecular weight excluding hydrogens is 582 g/mol. The number of hydrogen-bond acceptors (Lipinski definition) is 7. The largest absolute Gasteiger partial charge is 0.397 e.